The first-order valence-electron chi connectivity index (χ1n) is 9.56. The normalized spacial score (nSPS) is 16.4. The van der Waals surface area contributed by atoms with Crippen molar-refractivity contribution in [1.29, 1.82) is 0 Å². The Kier molecular flexibility index (Phi) is 5.33. The van der Waals surface area contributed by atoms with Gasteiger partial charge in [-0.3, -0.25) is 14.6 Å². The van der Waals surface area contributed by atoms with E-state index in [4.69, 9.17) is 4.98 Å². The summed E-state index contributed by atoms with van der Waals surface area (Å²) < 4.78 is 1.43. The molecule has 0 unspecified atom stereocenters. The highest BCUT2D eigenvalue weighted by atomic mass is 16.2. The van der Waals surface area contributed by atoms with Gasteiger partial charge in [-0.05, 0) is 31.0 Å². The monoisotopic (exact) mass is 390 g/mol. The molecule has 1 aliphatic rings. The van der Waals surface area contributed by atoms with Crippen LogP contribution in [0.15, 0.2) is 59.9 Å². The number of carbonyl (C=O) groups excluding carboxylic acids is 1. The molecule has 1 atom stereocenters. The molecule has 4 rings (SSSR count). The second-order valence-corrected chi connectivity index (χ2v) is 7.12. The van der Waals surface area contributed by atoms with Gasteiger partial charge in [-0.2, -0.15) is 0 Å². The number of rotatable bonds is 4. The molecule has 4 heterocycles. The zero-order valence-electron chi connectivity index (χ0n) is 16.2. The number of amides is 1. The predicted molar refractivity (Wildman–Crippen MR) is 109 cm³/mol. The van der Waals surface area contributed by atoms with Crippen LogP contribution >= 0.6 is 0 Å². The number of likely N-dealkylation sites (tertiary alicyclic amines) is 1. The van der Waals surface area contributed by atoms with Crippen LogP contribution in [-0.4, -0.2) is 43.4 Å². The summed E-state index contributed by atoms with van der Waals surface area (Å²) in [5, 5.41) is 3.16. The van der Waals surface area contributed by atoms with Crippen molar-refractivity contribution in [2.75, 3.05) is 18.4 Å². The van der Waals surface area contributed by atoms with Crippen molar-refractivity contribution in [3.8, 4) is 0 Å². The standard InChI is InChI=1S/C21H22N6O2/c1-26-13-16(7-8-20(26)28)21(29)27-11-3-4-15(14-27)17-5-2-6-18(24-17)25-19-12-22-9-10-23-19/h2,5-10,12-13,15H,3-4,11,14H2,1H3,(H,23,24,25)/t15-/m1/s1. The second kappa shape index (κ2) is 8.22. The van der Waals surface area contributed by atoms with Gasteiger partial charge in [0.1, 0.15) is 11.6 Å². The van der Waals surface area contributed by atoms with Gasteiger partial charge in [0.15, 0.2) is 0 Å². The first-order chi connectivity index (χ1) is 14.1. The molecular weight excluding hydrogens is 368 g/mol. The molecule has 0 saturated carbocycles. The minimum Gasteiger partial charge on any atom is -0.338 e. The van der Waals surface area contributed by atoms with Crippen molar-refractivity contribution >= 4 is 17.5 Å². The molecule has 1 fully saturated rings. The summed E-state index contributed by atoms with van der Waals surface area (Å²) in [6.45, 7) is 1.30. The highest BCUT2D eigenvalue weighted by Crippen LogP contribution is 2.27. The van der Waals surface area contributed by atoms with Crippen LogP contribution in [-0.2, 0) is 7.05 Å². The van der Waals surface area contributed by atoms with Gasteiger partial charge in [0.2, 0.25) is 5.56 Å². The van der Waals surface area contributed by atoms with E-state index in [1.807, 2.05) is 23.1 Å². The van der Waals surface area contributed by atoms with Gasteiger partial charge >= 0.3 is 0 Å². The van der Waals surface area contributed by atoms with Gasteiger partial charge in [0, 0.05) is 56.4 Å². The van der Waals surface area contributed by atoms with Crippen molar-refractivity contribution in [2.24, 2.45) is 7.05 Å². The van der Waals surface area contributed by atoms with Crippen molar-refractivity contribution in [3.63, 3.8) is 0 Å². The molecule has 8 heteroatoms. The Morgan fingerprint density at radius 1 is 1.17 bits per heavy atom. The number of pyridine rings is 2. The van der Waals surface area contributed by atoms with E-state index in [2.05, 4.69) is 15.3 Å². The summed E-state index contributed by atoms with van der Waals surface area (Å²) in [6.07, 6.45) is 8.36. The average Bonchev–Trinajstić information content (AvgIpc) is 2.76. The molecule has 3 aromatic rings. The maximum Gasteiger partial charge on any atom is 0.255 e. The number of aromatic nitrogens is 4. The van der Waals surface area contributed by atoms with Crippen LogP contribution in [0.4, 0.5) is 11.6 Å². The molecule has 1 N–H and O–H groups in total. The quantitative estimate of drug-likeness (QED) is 0.735. The van der Waals surface area contributed by atoms with Gasteiger partial charge in [-0.25, -0.2) is 9.97 Å². The third kappa shape index (κ3) is 4.31. The Labute approximate surface area is 168 Å². The number of aryl methyl sites for hydroxylation is 1. The van der Waals surface area contributed by atoms with Crippen LogP contribution in [0.3, 0.4) is 0 Å². The SMILES string of the molecule is Cn1cc(C(=O)N2CCC[C@@H](c3cccc(Nc4cnccn4)n3)C2)ccc1=O. The van der Waals surface area contributed by atoms with Gasteiger partial charge < -0.3 is 14.8 Å². The Bertz CT molecular complexity index is 1070. The zero-order valence-corrected chi connectivity index (χ0v) is 16.2. The van der Waals surface area contributed by atoms with Gasteiger partial charge in [-0.1, -0.05) is 6.07 Å². The van der Waals surface area contributed by atoms with E-state index < -0.39 is 0 Å². The van der Waals surface area contributed by atoms with E-state index in [-0.39, 0.29) is 17.4 Å². The largest absolute Gasteiger partial charge is 0.338 e. The molecule has 3 aromatic heterocycles. The fraction of sp³-hybridized carbons (Fsp3) is 0.286. The number of nitrogens with one attached hydrogen (secondary N) is 1. The van der Waals surface area contributed by atoms with E-state index in [1.165, 1.54) is 10.6 Å². The molecule has 8 nitrogen and oxygen atoms in total. The Morgan fingerprint density at radius 3 is 2.86 bits per heavy atom. The topological polar surface area (TPSA) is 93.0 Å². The number of anilines is 2. The lowest BCUT2D eigenvalue weighted by molar-refractivity contribution is 0.0705. The van der Waals surface area contributed by atoms with Crippen molar-refractivity contribution in [1.82, 2.24) is 24.4 Å². The predicted octanol–water partition coefficient (Wildman–Crippen LogP) is 2.33. The number of hydrogen-bond acceptors (Lipinski definition) is 6. The smallest absolute Gasteiger partial charge is 0.255 e. The molecular formula is C21H22N6O2. The molecule has 1 aliphatic heterocycles. The molecule has 148 valence electrons. The molecule has 0 bridgehead atoms. The summed E-state index contributed by atoms with van der Waals surface area (Å²) in [6, 6.07) is 8.85. The molecule has 0 radical (unpaired) electrons. The number of carbonyl (C=O) groups is 1. The van der Waals surface area contributed by atoms with Gasteiger partial charge in [0.05, 0.1) is 11.8 Å². The summed E-state index contributed by atoms with van der Waals surface area (Å²) >= 11 is 0. The van der Waals surface area contributed by atoms with Gasteiger partial charge in [0.25, 0.3) is 5.91 Å². The molecule has 1 saturated heterocycles. The summed E-state index contributed by atoms with van der Waals surface area (Å²) in [4.78, 5) is 39.3. The Balaban J connectivity index is 1.49. The highest BCUT2D eigenvalue weighted by molar-refractivity contribution is 5.94. The zero-order chi connectivity index (χ0) is 20.2. The Hall–Kier alpha value is -3.55. The third-order valence-corrected chi connectivity index (χ3v) is 5.05. The van der Waals surface area contributed by atoms with E-state index in [0.29, 0.717) is 30.3 Å². The van der Waals surface area contributed by atoms with Crippen molar-refractivity contribution in [2.45, 2.75) is 18.8 Å². The molecule has 29 heavy (non-hydrogen) atoms. The van der Waals surface area contributed by atoms with Crippen LogP contribution in [0.25, 0.3) is 0 Å². The van der Waals surface area contributed by atoms with Crippen molar-refractivity contribution in [3.05, 3.63) is 76.7 Å². The average molecular weight is 390 g/mol. The number of hydrogen-bond donors (Lipinski definition) is 1. The molecule has 1 amide bonds. The molecule has 0 spiro atoms. The lowest BCUT2D eigenvalue weighted by Gasteiger charge is -2.32. The molecule has 0 aromatic carbocycles. The van der Waals surface area contributed by atoms with Crippen LogP contribution in [0.2, 0.25) is 0 Å². The first kappa shape index (κ1) is 18.8. The van der Waals surface area contributed by atoms with E-state index in [1.54, 1.807) is 37.9 Å². The van der Waals surface area contributed by atoms with E-state index in [9.17, 15) is 9.59 Å². The minimum atomic E-state index is -0.130. The number of piperidine rings is 1. The third-order valence-electron chi connectivity index (χ3n) is 5.05. The Morgan fingerprint density at radius 2 is 2.07 bits per heavy atom. The first-order valence-corrected chi connectivity index (χ1v) is 9.56. The van der Waals surface area contributed by atoms with E-state index in [0.717, 1.165) is 18.5 Å². The lowest BCUT2D eigenvalue weighted by atomic mass is 9.94. The maximum absolute atomic E-state index is 12.9. The summed E-state index contributed by atoms with van der Waals surface area (Å²) in [5.41, 5.74) is 1.34. The van der Waals surface area contributed by atoms with Crippen LogP contribution in [0.1, 0.15) is 34.8 Å². The van der Waals surface area contributed by atoms with E-state index >= 15 is 0 Å². The fourth-order valence-electron chi connectivity index (χ4n) is 3.55. The molecule has 0 aliphatic carbocycles. The maximum atomic E-state index is 12.9. The summed E-state index contributed by atoms with van der Waals surface area (Å²) in [7, 11) is 1.65. The lowest BCUT2D eigenvalue weighted by Crippen LogP contribution is -2.39. The number of nitrogens with zero attached hydrogens (tertiary/aromatic N) is 5. The highest BCUT2D eigenvalue weighted by Gasteiger charge is 2.26. The van der Waals surface area contributed by atoms with Crippen LogP contribution in [0.5, 0.6) is 0 Å². The summed E-state index contributed by atoms with van der Waals surface area (Å²) in [5.74, 6) is 1.43. The second-order valence-electron chi connectivity index (χ2n) is 7.12. The van der Waals surface area contributed by atoms with Crippen molar-refractivity contribution < 1.29 is 4.79 Å². The minimum absolute atomic E-state index is 0.0564. The van der Waals surface area contributed by atoms with Gasteiger partial charge in [-0.15, -0.1) is 0 Å². The fourth-order valence-corrected chi connectivity index (χ4v) is 3.55. The van der Waals surface area contributed by atoms with Crippen LogP contribution < -0.4 is 10.9 Å². The van der Waals surface area contributed by atoms with Crippen LogP contribution in [0, 0.1) is 0 Å².